The zero-order valence-corrected chi connectivity index (χ0v) is 15.3. The molecule has 0 fully saturated rings. The molecular weight excluding hydrogens is 359 g/mol. The molecule has 1 aromatic heterocycles. The predicted octanol–water partition coefficient (Wildman–Crippen LogP) is 3.17. The van der Waals surface area contributed by atoms with E-state index in [9.17, 15) is 19.2 Å². The summed E-state index contributed by atoms with van der Waals surface area (Å²) in [5, 5.41) is 11.9. The Bertz CT molecular complexity index is 1150. The van der Waals surface area contributed by atoms with Gasteiger partial charge in [-0.05, 0) is 42.8 Å². The summed E-state index contributed by atoms with van der Waals surface area (Å²) in [4.78, 5) is 25.4. The van der Waals surface area contributed by atoms with Crippen LogP contribution in [0.4, 0.5) is 10.1 Å². The molecule has 0 unspecified atom stereocenters. The van der Waals surface area contributed by atoms with Gasteiger partial charge in [0.2, 0.25) is 0 Å². The van der Waals surface area contributed by atoms with Crippen LogP contribution in [0.2, 0.25) is 0 Å². The number of nitriles is 1. The first-order valence-corrected chi connectivity index (χ1v) is 8.45. The Kier molecular flexibility index (Phi) is 5.23. The summed E-state index contributed by atoms with van der Waals surface area (Å²) in [6.07, 6.45) is 1.34. The van der Waals surface area contributed by atoms with Crippen LogP contribution in [0.5, 0.6) is 0 Å². The number of anilines is 1. The van der Waals surface area contributed by atoms with Crippen molar-refractivity contribution in [3.8, 4) is 11.8 Å². The number of amides is 1. The Morgan fingerprint density at radius 2 is 1.79 bits per heavy atom. The fourth-order valence-corrected chi connectivity index (χ4v) is 2.77. The van der Waals surface area contributed by atoms with Gasteiger partial charge in [0, 0.05) is 7.05 Å². The molecule has 0 aliphatic rings. The highest BCUT2D eigenvalue weighted by Gasteiger charge is 2.19. The highest BCUT2D eigenvalue weighted by Crippen LogP contribution is 2.16. The number of hydrogen-bond donors (Lipinski definition) is 1. The number of benzene rings is 2. The minimum Gasteiger partial charge on any atom is -0.315 e. The first-order valence-electron chi connectivity index (χ1n) is 8.45. The van der Waals surface area contributed by atoms with E-state index < -0.39 is 17.3 Å². The molecule has 3 rings (SSSR count). The number of aromatic nitrogens is 2. The second-order valence-electron chi connectivity index (χ2n) is 6.11. The van der Waals surface area contributed by atoms with Crippen LogP contribution in [-0.4, -0.2) is 15.3 Å². The second-order valence-corrected chi connectivity index (χ2v) is 6.11. The van der Waals surface area contributed by atoms with Crippen molar-refractivity contribution < 1.29 is 9.18 Å². The van der Waals surface area contributed by atoms with Gasteiger partial charge in [-0.2, -0.15) is 5.26 Å². The van der Waals surface area contributed by atoms with Gasteiger partial charge in [0.15, 0.2) is 0 Å². The number of nitrogens with zero attached hydrogens (tertiary/aromatic N) is 3. The average Bonchev–Trinajstić information content (AvgIpc) is 2.91. The molecule has 0 atom stereocenters. The van der Waals surface area contributed by atoms with Crippen LogP contribution in [-0.2, 0) is 11.8 Å². The Balaban J connectivity index is 1.95. The lowest BCUT2D eigenvalue weighted by Gasteiger charge is -2.07. The first-order chi connectivity index (χ1) is 13.4. The molecule has 0 saturated heterocycles. The lowest BCUT2D eigenvalue weighted by Crippen LogP contribution is -2.23. The quantitative estimate of drug-likeness (QED) is 0.561. The van der Waals surface area contributed by atoms with E-state index in [0.717, 1.165) is 0 Å². The SMILES string of the molecule is Cc1c(NC(=O)C(C#N)=Cc2ccc(F)cc2)c(=O)n(-c2ccccc2)n1C. The molecule has 0 saturated carbocycles. The van der Waals surface area contributed by atoms with Gasteiger partial charge in [-0.25, -0.2) is 9.07 Å². The van der Waals surface area contributed by atoms with Crippen LogP contribution in [0.1, 0.15) is 11.3 Å². The molecule has 2 aromatic carbocycles. The van der Waals surface area contributed by atoms with E-state index in [4.69, 9.17) is 0 Å². The molecule has 3 aromatic rings. The third kappa shape index (κ3) is 3.62. The van der Waals surface area contributed by atoms with Crippen molar-refractivity contribution in [3.05, 3.63) is 87.6 Å². The lowest BCUT2D eigenvalue weighted by molar-refractivity contribution is -0.112. The van der Waals surface area contributed by atoms with Gasteiger partial charge in [-0.3, -0.25) is 14.3 Å². The van der Waals surface area contributed by atoms with Crippen molar-refractivity contribution in [2.75, 3.05) is 5.32 Å². The van der Waals surface area contributed by atoms with Gasteiger partial charge in [-0.15, -0.1) is 0 Å². The molecule has 6 nitrogen and oxygen atoms in total. The molecule has 28 heavy (non-hydrogen) atoms. The van der Waals surface area contributed by atoms with Gasteiger partial charge in [0.1, 0.15) is 23.1 Å². The molecule has 1 N–H and O–H groups in total. The zero-order chi connectivity index (χ0) is 20.3. The number of hydrogen-bond acceptors (Lipinski definition) is 3. The summed E-state index contributed by atoms with van der Waals surface area (Å²) in [6.45, 7) is 1.70. The van der Waals surface area contributed by atoms with E-state index in [2.05, 4.69) is 5.32 Å². The van der Waals surface area contributed by atoms with Crippen LogP contribution in [0.15, 0.2) is 65.0 Å². The van der Waals surface area contributed by atoms with Gasteiger partial charge >= 0.3 is 0 Å². The molecule has 0 aliphatic heterocycles. The Morgan fingerprint density at radius 3 is 2.39 bits per heavy atom. The fourth-order valence-electron chi connectivity index (χ4n) is 2.77. The molecule has 1 amide bonds. The van der Waals surface area contributed by atoms with Gasteiger partial charge in [0.25, 0.3) is 11.5 Å². The lowest BCUT2D eigenvalue weighted by atomic mass is 10.1. The van der Waals surface area contributed by atoms with Crippen molar-refractivity contribution >= 4 is 17.7 Å². The van der Waals surface area contributed by atoms with Crippen molar-refractivity contribution in [2.24, 2.45) is 7.05 Å². The Labute approximate surface area is 160 Å². The molecule has 1 heterocycles. The molecule has 0 radical (unpaired) electrons. The van der Waals surface area contributed by atoms with Crippen molar-refractivity contribution in [2.45, 2.75) is 6.92 Å². The normalized spacial score (nSPS) is 11.1. The fraction of sp³-hybridized carbons (Fsp3) is 0.0952. The average molecular weight is 376 g/mol. The first kappa shape index (κ1) is 18.9. The summed E-state index contributed by atoms with van der Waals surface area (Å²) < 4.78 is 16.1. The number of carbonyl (C=O) groups excluding carboxylic acids is 1. The smallest absolute Gasteiger partial charge is 0.295 e. The molecule has 0 aliphatic carbocycles. The van der Waals surface area contributed by atoms with Crippen molar-refractivity contribution in [3.63, 3.8) is 0 Å². The Hall–Kier alpha value is -3.92. The maximum atomic E-state index is 13.0. The monoisotopic (exact) mass is 376 g/mol. The zero-order valence-electron chi connectivity index (χ0n) is 15.3. The maximum Gasteiger partial charge on any atom is 0.295 e. The van der Waals surface area contributed by atoms with E-state index >= 15 is 0 Å². The molecule has 0 bridgehead atoms. The summed E-state index contributed by atoms with van der Waals surface area (Å²) >= 11 is 0. The van der Waals surface area contributed by atoms with Gasteiger partial charge < -0.3 is 5.32 Å². The van der Waals surface area contributed by atoms with E-state index in [1.165, 1.54) is 35.0 Å². The summed E-state index contributed by atoms with van der Waals surface area (Å²) in [5.74, 6) is -1.13. The number of para-hydroxylation sites is 1. The van der Waals surface area contributed by atoms with Gasteiger partial charge in [0.05, 0.1) is 11.4 Å². The van der Waals surface area contributed by atoms with E-state index in [1.54, 1.807) is 30.8 Å². The third-order valence-electron chi connectivity index (χ3n) is 4.34. The van der Waals surface area contributed by atoms with Crippen molar-refractivity contribution in [1.29, 1.82) is 5.26 Å². The third-order valence-corrected chi connectivity index (χ3v) is 4.34. The van der Waals surface area contributed by atoms with Crippen LogP contribution in [0.3, 0.4) is 0 Å². The highest BCUT2D eigenvalue weighted by atomic mass is 19.1. The molecule has 140 valence electrons. The standard InChI is InChI=1S/C21H17FN4O2/c1-14-19(21(28)26(25(14)2)18-6-4-3-5-7-18)24-20(27)16(13-23)12-15-8-10-17(22)11-9-15/h3-12H,1-2H3,(H,24,27). The molecular formula is C21H17FN4O2. The van der Waals surface area contributed by atoms with Crippen LogP contribution in [0.25, 0.3) is 11.8 Å². The predicted molar refractivity (Wildman–Crippen MR) is 104 cm³/mol. The minimum atomic E-state index is -0.710. The van der Waals surface area contributed by atoms with Gasteiger partial charge in [-0.1, -0.05) is 30.3 Å². The topological polar surface area (TPSA) is 79.8 Å². The van der Waals surface area contributed by atoms with E-state index in [-0.39, 0.29) is 11.3 Å². The summed E-state index contributed by atoms with van der Waals surface area (Å²) in [5.41, 5.74) is 1.19. The van der Waals surface area contributed by atoms with Crippen LogP contribution >= 0.6 is 0 Å². The second kappa shape index (κ2) is 7.76. The number of nitrogens with one attached hydrogen (secondary N) is 1. The van der Waals surface area contributed by atoms with E-state index in [0.29, 0.717) is 16.9 Å². The summed E-state index contributed by atoms with van der Waals surface area (Å²) in [6, 6.07) is 16.2. The minimum absolute atomic E-state index is 0.0941. The van der Waals surface area contributed by atoms with Crippen molar-refractivity contribution in [1.82, 2.24) is 9.36 Å². The summed E-state index contributed by atoms with van der Waals surface area (Å²) in [7, 11) is 1.71. The number of rotatable bonds is 4. The molecule has 7 heteroatoms. The number of halogens is 1. The highest BCUT2D eigenvalue weighted by molar-refractivity contribution is 6.09. The van der Waals surface area contributed by atoms with Crippen LogP contribution in [0, 0.1) is 24.1 Å². The Morgan fingerprint density at radius 1 is 1.14 bits per heavy atom. The van der Waals surface area contributed by atoms with E-state index in [1.807, 2.05) is 24.3 Å². The molecule has 0 spiro atoms. The largest absolute Gasteiger partial charge is 0.315 e. The number of carbonyl (C=O) groups is 1. The maximum absolute atomic E-state index is 13.0. The van der Waals surface area contributed by atoms with Crippen LogP contribution < -0.4 is 10.9 Å².